The molecule has 0 saturated heterocycles. The zero-order valence-corrected chi connectivity index (χ0v) is 10.1. The summed E-state index contributed by atoms with van der Waals surface area (Å²) >= 11 is 0. The van der Waals surface area contributed by atoms with E-state index in [0.29, 0.717) is 12.0 Å². The molecule has 0 saturated carbocycles. The Balaban J connectivity index is 1.89. The molecule has 0 amide bonds. The number of rotatable bonds is 2. The Labute approximate surface area is 102 Å². The standard InChI is InChI=1S/C16H17N/c1-12-15(11-13-7-3-2-4-8-13)14-9-5-6-10-16(14)17-12/h2-10,12,15,17H,11H2,1H3. The van der Waals surface area contributed by atoms with Crippen molar-refractivity contribution in [3.8, 4) is 0 Å². The Kier molecular flexibility index (Phi) is 2.60. The van der Waals surface area contributed by atoms with Crippen molar-refractivity contribution >= 4 is 5.69 Å². The van der Waals surface area contributed by atoms with Crippen LogP contribution in [0.3, 0.4) is 0 Å². The van der Waals surface area contributed by atoms with Gasteiger partial charge in [-0.1, -0.05) is 48.5 Å². The Morgan fingerprint density at radius 1 is 0.941 bits per heavy atom. The number of benzene rings is 2. The van der Waals surface area contributed by atoms with E-state index in [-0.39, 0.29) is 0 Å². The van der Waals surface area contributed by atoms with Crippen LogP contribution in [-0.2, 0) is 6.42 Å². The van der Waals surface area contributed by atoms with Crippen LogP contribution in [0, 0.1) is 0 Å². The second-order valence-electron chi connectivity index (χ2n) is 4.82. The molecule has 0 spiro atoms. The fraction of sp³-hybridized carbons (Fsp3) is 0.250. The molecule has 1 heterocycles. The molecular formula is C16H17N. The van der Waals surface area contributed by atoms with Gasteiger partial charge in [-0.05, 0) is 30.5 Å². The Hall–Kier alpha value is -1.76. The highest BCUT2D eigenvalue weighted by Gasteiger charge is 2.28. The minimum absolute atomic E-state index is 0.521. The first-order valence-corrected chi connectivity index (χ1v) is 6.24. The van der Waals surface area contributed by atoms with E-state index >= 15 is 0 Å². The van der Waals surface area contributed by atoms with Crippen molar-refractivity contribution in [3.63, 3.8) is 0 Å². The lowest BCUT2D eigenvalue weighted by atomic mass is 9.89. The maximum atomic E-state index is 3.57. The average Bonchev–Trinajstić information content (AvgIpc) is 2.68. The molecule has 0 bridgehead atoms. The summed E-state index contributed by atoms with van der Waals surface area (Å²) in [5.74, 6) is 0.591. The summed E-state index contributed by atoms with van der Waals surface area (Å²) in [6.45, 7) is 2.27. The predicted molar refractivity (Wildman–Crippen MR) is 72.4 cm³/mol. The largest absolute Gasteiger partial charge is 0.382 e. The second-order valence-corrected chi connectivity index (χ2v) is 4.82. The Bertz CT molecular complexity index is 504. The summed E-state index contributed by atoms with van der Waals surface area (Å²) in [7, 11) is 0. The number of hydrogen-bond donors (Lipinski definition) is 1. The zero-order valence-electron chi connectivity index (χ0n) is 10.1. The lowest BCUT2D eigenvalue weighted by Gasteiger charge is -2.16. The number of fused-ring (bicyclic) bond motifs is 1. The molecule has 1 N–H and O–H groups in total. The number of anilines is 1. The predicted octanol–water partition coefficient (Wildman–Crippen LogP) is 3.83. The molecule has 0 fully saturated rings. The van der Waals surface area contributed by atoms with E-state index in [1.54, 1.807) is 0 Å². The van der Waals surface area contributed by atoms with E-state index < -0.39 is 0 Å². The fourth-order valence-electron chi connectivity index (χ4n) is 2.72. The molecule has 2 unspecified atom stereocenters. The van der Waals surface area contributed by atoms with Gasteiger partial charge in [-0.15, -0.1) is 0 Å². The van der Waals surface area contributed by atoms with E-state index in [4.69, 9.17) is 0 Å². The van der Waals surface area contributed by atoms with Crippen molar-refractivity contribution < 1.29 is 0 Å². The first-order chi connectivity index (χ1) is 8.34. The molecule has 86 valence electrons. The molecule has 2 aromatic rings. The highest BCUT2D eigenvalue weighted by atomic mass is 15.0. The fourth-order valence-corrected chi connectivity index (χ4v) is 2.72. The summed E-state index contributed by atoms with van der Waals surface area (Å²) in [6.07, 6.45) is 1.12. The summed E-state index contributed by atoms with van der Waals surface area (Å²) in [4.78, 5) is 0. The first kappa shape index (κ1) is 10.4. The van der Waals surface area contributed by atoms with Gasteiger partial charge in [-0.2, -0.15) is 0 Å². The van der Waals surface area contributed by atoms with Crippen molar-refractivity contribution in [2.24, 2.45) is 0 Å². The molecule has 1 aliphatic heterocycles. The molecular weight excluding hydrogens is 206 g/mol. The third kappa shape index (κ3) is 1.93. The molecule has 3 rings (SSSR count). The van der Waals surface area contributed by atoms with Crippen molar-refractivity contribution in [1.82, 2.24) is 0 Å². The smallest absolute Gasteiger partial charge is 0.0378 e. The average molecular weight is 223 g/mol. The quantitative estimate of drug-likeness (QED) is 0.816. The monoisotopic (exact) mass is 223 g/mol. The molecule has 1 aliphatic rings. The van der Waals surface area contributed by atoms with E-state index in [0.717, 1.165) is 6.42 Å². The normalized spacial score (nSPS) is 21.9. The maximum absolute atomic E-state index is 3.57. The number of para-hydroxylation sites is 1. The van der Waals surface area contributed by atoms with Crippen LogP contribution in [0.15, 0.2) is 54.6 Å². The van der Waals surface area contributed by atoms with Gasteiger partial charge in [0.1, 0.15) is 0 Å². The topological polar surface area (TPSA) is 12.0 Å². The van der Waals surface area contributed by atoms with Crippen LogP contribution in [0.5, 0.6) is 0 Å². The number of nitrogens with one attached hydrogen (secondary N) is 1. The van der Waals surface area contributed by atoms with Crippen molar-refractivity contribution in [2.75, 3.05) is 5.32 Å². The van der Waals surface area contributed by atoms with Gasteiger partial charge < -0.3 is 5.32 Å². The van der Waals surface area contributed by atoms with Crippen LogP contribution < -0.4 is 5.32 Å². The van der Waals surface area contributed by atoms with Gasteiger partial charge in [-0.25, -0.2) is 0 Å². The highest BCUT2D eigenvalue weighted by Crippen LogP contribution is 2.37. The molecule has 0 radical (unpaired) electrons. The van der Waals surface area contributed by atoms with E-state index in [1.165, 1.54) is 16.8 Å². The lowest BCUT2D eigenvalue weighted by molar-refractivity contribution is 0.629. The van der Waals surface area contributed by atoms with Crippen LogP contribution in [0.25, 0.3) is 0 Å². The minimum Gasteiger partial charge on any atom is -0.382 e. The zero-order chi connectivity index (χ0) is 11.7. The third-order valence-corrected chi connectivity index (χ3v) is 3.65. The first-order valence-electron chi connectivity index (χ1n) is 6.24. The van der Waals surface area contributed by atoms with Gasteiger partial charge in [0.25, 0.3) is 0 Å². The SMILES string of the molecule is CC1Nc2ccccc2C1Cc1ccccc1. The lowest BCUT2D eigenvalue weighted by Crippen LogP contribution is -2.17. The van der Waals surface area contributed by atoms with Gasteiger partial charge in [-0.3, -0.25) is 0 Å². The third-order valence-electron chi connectivity index (χ3n) is 3.65. The van der Waals surface area contributed by atoms with Crippen molar-refractivity contribution in [1.29, 1.82) is 0 Å². The van der Waals surface area contributed by atoms with Crippen LogP contribution >= 0.6 is 0 Å². The van der Waals surface area contributed by atoms with Gasteiger partial charge >= 0.3 is 0 Å². The molecule has 2 aromatic carbocycles. The van der Waals surface area contributed by atoms with Gasteiger partial charge in [0, 0.05) is 17.6 Å². The molecule has 1 heteroatoms. The second kappa shape index (κ2) is 4.25. The summed E-state index contributed by atoms with van der Waals surface area (Å²) in [5, 5.41) is 3.57. The minimum atomic E-state index is 0.521. The molecule has 2 atom stereocenters. The van der Waals surface area contributed by atoms with E-state index in [1.807, 2.05) is 0 Å². The van der Waals surface area contributed by atoms with Crippen molar-refractivity contribution in [2.45, 2.75) is 25.3 Å². The van der Waals surface area contributed by atoms with Crippen LogP contribution in [0.4, 0.5) is 5.69 Å². The van der Waals surface area contributed by atoms with Gasteiger partial charge in [0.2, 0.25) is 0 Å². The molecule has 0 aromatic heterocycles. The van der Waals surface area contributed by atoms with Crippen LogP contribution in [0.1, 0.15) is 24.0 Å². The molecule has 1 nitrogen and oxygen atoms in total. The van der Waals surface area contributed by atoms with E-state index in [2.05, 4.69) is 66.8 Å². The summed E-state index contributed by atoms with van der Waals surface area (Å²) in [5.41, 5.74) is 4.19. The number of hydrogen-bond acceptors (Lipinski definition) is 1. The highest BCUT2D eigenvalue weighted by molar-refractivity contribution is 5.59. The Morgan fingerprint density at radius 3 is 2.47 bits per heavy atom. The van der Waals surface area contributed by atoms with E-state index in [9.17, 15) is 0 Å². The van der Waals surface area contributed by atoms with Crippen LogP contribution in [0.2, 0.25) is 0 Å². The molecule has 17 heavy (non-hydrogen) atoms. The summed E-state index contributed by atoms with van der Waals surface area (Å²) < 4.78 is 0. The van der Waals surface area contributed by atoms with Crippen molar-refractivity contribution in [3.05, 3.63) is 65.7 Å². The van der Waals surface area contributed by atoms with Crippen LogP contribution in [-0.4, -0.2) is 6.04 Å². The maximum Gasteiger partial charge on any atom is 0.0378 e. The summed E-state index contributed by atoms with van der Waals surface area (Å²) in [6, 6.07) is 19.9. The van der Waals surface area contributed by atoms with Gasteiger partial charge in [0.05, 0.1) is 0 Å². The molecule has 0 aliphatic carbocycles. The van der Waals surface area contributed by atoms with Gasteiger partial charge in [0.15, 0.2) is 0 Å². The Morgan fingerprint density at radius 2 is 1.65 bits per heavy atom.